The Balaban J connectivity index is 1.28. The minimum Gasteiger partial charge on any atom is -0.491 e. The van der Waals surface area contributed by atoms with Crippen molar-refractivity contribution >= 4 is 11.8 Å². The van der Waals surface area contributed by atoms with Crippen LogP contribution in [0.2, 0.25) is 0 Å². The number of piperidine rings is 1. The molecule has 0 unspecified atom stereocenters. The molecule has 2 amide bonds. The molecule has 2 aliphatic heterocycles. The SMILES string of the molecule is O=C(CN1CCC2(CCCCc3ccccc3OCCNC2=O)CC1)NCc1ccc(F)cc1. The molecule has 0 saturated carbocycles. The first-order valence-corrected chi connectivity index (χ1v) is 12.3. The predicted molar refractivity (Wildman–Crippen MR) is 129 cm³/mol. The number of hydrogen-bond acceptors (Lipinski definition) is 4. The molecular formula is C27H34FN3O3. The summed E-state index contributed by atoms with van der Waals surface area (Å²) >= 11 is 0. The summed E-state index contributed by atoms with van der Waals surface area (Å²) in [6, 6.07) is 14.3. The van der Waals surface area contributed by atoms with E-state index in [-0.39, 0.29) is 23.0 Å². The molecule has 0 aromatic heterocycles. The Bertz CT molecular complexity index is 971. The van der Waals surface area contributed by atoms with Gasteiger partial charge >= 0.3 is 0 Å². The van der Waals surface area contributed by atoms with Gasteiger partial charge in [-0.2, -0.15) is 0 Å². The first-order valence-electron chi connectivity index (χ1n) is 12.3. The van der Waals surface area contributed by atoms with Crippen molar-refractivity contribution < 1.29 is 18.7 Å². The van der Waals surface area contributed by atoms with Crippen LogP contribution in [0.15, 0.2) is 48.5 Å². The summed E-state index contributed by atoms with van der Waals surface area (Å²) in [5, 5.41) is 6.01. The number of para-hydroxylation sites is 1. The van der Waals surface area contributed by atoms with Gasteiger partial charge in [-0.05, 0) is 74.5 Å². The lowest BCUT2D eigenvalue weighted by Crippen LogP contribution is -2.51. The zero-order chi connectivity index (χ0) is 23.8. The third-order valence-corrected chi connectivity index (χ3v) is 7.03. The highest BCUT2D eigenvalue weighted by molar-refractivity contribution is 5.83. The van der Waals surface area contributed by atoms with E-state index in [9.17, 15) is 14.0 Å². The molecule has 0 bridgehead atoms. The number of nitrogens with one attached hydrogen (secondary N) is 2. The van der Waals surface area contributed by atoms with Gasteiger partial charge in [0.1, 0.15) is 18.2 Å². The van der Waals surface area contributed by atoms with Gasteiger partial charge in [-0.15, -0.1) is 0 Å². The first kappa shape index (κ1) is 24.2. The van der Waals surface area contributed by atoms with Crippen LogP contribution >= 0.6 is 0 Å². The highest BCUT2D eigenvalue weighted by Crippen LogP contribution is 2.37. The maximum absolute atomic E-state index is 13.2. The Morgan fingerprint density at radius 3 is 2.62 bits per heavy atom. The quantitative estimate of drug-likeness (QED) is 0.723. The topological polar surface area (TPSA) is 70.7 Å². The molecule has 4 rings (SSSR count). The van der Waals surface area contributed by atoms with E-state index in [2.05, 4.69) is 21.6 Å². The van der Waals surface area contributed by atoms with Gasteiger partial charge in [0.2, 0.25) is 11.8 Å². The summed E-state index contributed by atoms with van der Waals surface area (Å²) in [6.07, 6.45) is 5.33. The van der Waals surface area contributed by atoms with Gasteiger partial charge in [0.05, 0.1) is 18.5 Å². The predicted octanol–water partition coefficient (Wildman–Crippen LogP) is 3.45. The maximum atomic E-state index is 13.2. The normalized spacial score (nSPS) is 19.1. The number of fused-ring (bicyclic) bond motifs is 1. The van der Waals surface area contributed by atoms with Crippen LogP contribution in [-0.4, -0.2) is 49.5 Å². The van der Waals surface area contributed by atoms with E-state index in [1.165, 1.54) is 17.7 Å². The lowest BCUT2D eigenvalue weighted by Gasteiger charge is -2.40. The number of carbonyl (C=O) groups excluding carboxylic acids is 2. The van der Waals surface area contributed by atoms with E-state index < -0.39 is 0 Å². The zero-order valence-corrected chi connectivity index (χ0v) is 19.7. The summed E-state index contributed by atoms with van der Waals surface area (Å²) in [6.45, 7) is 3.07. The van der Waals surface area contributed by atoms with Crippen LogP contribution in [0.3, 0.4) is 0 Å². The third-order valence-electron chi connectivity index (χ3n) is 7.03. The van der Waals surface area contributed by atoms with Crippen molar-refractivity contribution in [1.82, 2.24) is 15.5 Å². The molecule has 6 nitrogen and oxygen atoms in total. The van der Waals surface area contributed by atoms with Crippen molar-refractivity contribution in [2.24, 2.45) is 5.41 Å². The number of benzene rings is 2. The standard InChI is InChI=1S/C27H34FN3O3/c28-23-10-8-21(9-11-23)19-30-25(32)20-31-16-13-27(14-17-31)12-4-3-6-22-5-1-2-7-24(22)34-18-15-29-26(27)33/h1-2,5,7-11H,3-4,6,12-20H2,(H,29,33)(H,30,32). The van der Waals surface area contributed by atoms with Crippen molar-refractivity contribution in [3.8, 4) is 5.75 Å². The average molecular weight is 468 g/mol. The zero-order valence-electron chi connectivity index (χ0n) is 19.7. The fraction of sp³-hybridized carbons (Fsp3) is 0.481. The largest absolute Gasteiger partial charge is 0.491 e. The Labute approximate surface area is 200 Å². The number of aryl methyl sites for hydroxylation is 1. The Kier molecular flexibility index (Phi) is 8.16. The van der Waals surface area contributed by atoms with Gasteiger partial charge in [0, 0.05) is 6.54 Å². The number of rotatable bonds is 4. The Morgan fingerprint density at radius 1 is 1.06 bits per heavy atom. The molecule has 0 atom stereocenters. The Morgan fingerprint density at radius 2 is 1.82 bits per heavy atom. The second kappa shape index (κ2) is 11.5. The van der Waals surface area contributed by atoms with E-state index in [0.717, 1.165) is 62.9 Å². The van der Waals surface area contributed by atoms with Gasteiger partial charge in [-0.1, -0.05) is 36.8 Å². The van der Waals surface area contributed by atoms with E-state index in [1.54, 1.807) is 12.1 Å². The lowest BCUT2D eigenvalue weighted by atomic mass is 9.73. The van der Waals surface area contributed by atoms with Crippen LogP contribution in [0, 0.1) is 11.2 Å². The minimum atomic E-state index is -0.375. The van der Waals surface area contributed by atoms with E-state index >= 15 is 0 Å². The number of ether oxygens (including phenoxy) is 1. The summed E-state index contributed by atoms with van der Waals surface area (Å²) < 4.78 is 19.0. The number of hydrogen-bond donors (Lipinski definition) is 2. The summed E-state index contributed by atoms with van der Waals surface area (Å²) in [5.74, 6) is 0.688. The van der Waals surface area contributed by atoms with Crippen molar-refractivity contribution in [3.63, 3.8) is 0 Å². The van der Waals surface area contributed by atoms with Crippen molar-refractivity contribution in [2.45, 2.75) is 45.1 Å². The fourth-order valence-electron chi connectivity index (χ4n) is 4.93. The molecule has 7 heteroatoms. The van der Waals surface area contributed by atoms with E-state index in [4.69, 9.17) is 4.74 Å². The van der Waals surface area contributed by atoms with Crippen molar-refractivity contribution in [3.05, 3.63) is 65.5 Å². The van der Waals surface area contributed by atoms with Crippen molar-refractivity contribution in [1.29, 1.82) is 0 Å². The number of amides is 2. The summed E-state index contributed by atoms with van der Waals surface area (Å²) in [5.41, 5.74) is 1.72. The monoisotopic (exact) mass is 467 g/mol. The average Bonchev–Trinajstić information content (AvgIpc) is 2.85. The van der Waals surface area contributed by atoms with Crippen LogP contribution in [0.1, 0.15) is 43.2 Å². The number of likely N-dealkylation sites (tertiary alicyclic amines) is 1. The molecule has 1 spiro atoms. The molecule has 0 radical (unpaired) electrons. The molecule has 2 aliphatic rings. The molecule has 0 aliphatic carbocycles. The molecule has 34 heavy (non-hydrogen) atoms. The van der Waals surface area contributed by atoms with Crippen LogP contribution in [0.25, 0.3) is 0 Å². The third kappa shape index (κ3) is 6.35. The molecule has 2 aromatic rings. The highest BCUT2D eigenvalue weighted by atomic mass is 19.1. The number of nitrogens with zero attached hydrogens (tertiary/aromatic N) is 1. The van der Waals surface area contributed by atoms with Gasteiger partial charge in [0.15, 0.2) is 0 Å². The number of halogens is 1. The molecule has 1 saturated heterocycles. The van der Waals surface area contributed by atoms with Crippen LogP contribution < -0.4 is 15.4 Å². The molecule has 2 heterocycles. The molecule has 2 N–H and O–H groups in total. The molecular weight excluding hydrogens is 433 g/mol. The van der Waals surface area contributed by atoms with E-state index in [0.29, 0.717) is 26.2 Å². The second-order valence-electron chi connectivity index (χ2n) is 9.38. The summed E-state index contributed by atoms with van der Waals surface area (Å²) in [4.78, 5) is 27.7. The summed E-state index contributed by atoms with van der Waals surface area (Å²) in [7, 11) is 0. The molecule has 182 valence electrons. The van der Waals surface area contributed by atoms with Gasteiger partial charge in [-0.25, -0.2) is 4.39 Å². The second-order valence-corrected chi connectivity index (χ2v) is 9.38. The van der Waals surface area contributed by atoms with Crippen LogP contribution in [-0.2, 0) is 22.6 Å². The first-order chi connectivity index (χ1) is 16.5. The Hall–Kier alpha value is -2.93. The van der Waals surface area contributed by atoms with Gasteiger partial charge in [0.25, 0.3) is 0 Å². The number of carbonyl (C=O) groups is 2. The smallest absolute Gasteiger partial charge is 0.234 e. The lowest BCUT2D eigenvalue weighted by molar-refractivity contribution is -0.135. The minimum absolute atomic E-state index is 0.0563. The van der Waals surface area contributed by atoms with Crippen LogP contribution in [0.5, 0.6) is 5.75 Å². The van der Waals surface area contributed by atoms with Crippen LogP contribution in [0.4, 0.5) is 4.39 Å². The van der Waals surface area contributed by atoms with E-state index in [1.807, 2.05) is 18.2 Å². The van der Waals surface area contributed by atoms with Crippen molar-refractivity contribution in [2.75, 3.05) is 32.8 Å². The molecule has 2 aromatic carbocycles. The maximum Gasteiger partial charge on any atom is 0.234 e. The highest BCUT2D eigenvalue weighted by Gasteiger charge is 2.40. The van der Waals surface area contributed by atoms with Gasteiger partial charge < -0.3 is 15.4 Å². The molecule has 1 fully saturated rings. The fourth-order valence-corrected chi connectivity index (χ4v) is 4.93. The van der Waals surface area contributed by atoms with Gasteiger partial charge in [-0.3, -0.25) is 14.5 Å².